The van der Waals surface area contributed by atoms with Crippen LogP contribution in [0.15, 0.2) is 6.08 Å². The summed E-state index contributed by atoms with van der Waals surface area (Å²) in [5.41, 5.74) is 1.58. The van der Waals surface area contributed by atoms with Gasteiger partial charge in [0.15, 0.2) is 0 Å². The molecule has 0 saturated carbocycles. The van der Waals surface area contributed by atoms with E-state index in [0.29, 0.717) is 5.15 Å². The molecular formula is C13H20ClN3O2. The maximum Gasteiger partial charge on any atom is 0.269 e. The van der Waals surface area contributed by atoms with Crippen LogP contribution < -0.4 is 0 Å². The fourth-order valence-corrected chi connectivity index (χ4v) is 1.88. The molecule has 1 heterocycles. The lowest BCUT2D eigenvalue weighted by molar-refractivity contribution is -0.162. The zero-order valence-electron chi connectivity index (χ0n) is 11.8. The first-order chi connectivity index (χ1) is 9.01. The van der Waals surface area contributed by atoms with Crippen molar-refractivity contribution in [1.29, 1.82) is 0 Å². The van der Waals surface area contributed by atoms with Crippen molar-refractivity contribution in [3.05, 3.63) is 22.5 Å². The van der Waals surface area contributed by atoms with E-state index in [4.69, 9.17) is 16.4 Å². The molecule has 106 valence electrons. The summed E-state index contributed by atoms with van der Waals surface area (Å²) in [6.45, 7) is 4.78. The van der Waals surface area contributed by atoms with Gasteiger partial charge in [-0.05, 0) is 19.4 Å². The molecule has 1 amide bonds. The van der Waals surface area contributed by atoms with Crippen LogP contribution in [0.25, 0.3) is 6.08 Å². The molecule has 0 fully saturated rings. The van der Waals surface area contributed by atoms with E-state index in [0.717, 1.165) is 35.7 Å². The van der Waals surface area contributed by atoms with Crippen LogP contribution in [0.1, 0.15) is 31.0 Å². The zero-order valence-corrected chi connectivity index (χ0v) is 12.6. The monoisotopic (exact) mass is 285 g/mol. The minimum absolute atomic E-state index is 0.251. The van der Waals surface area contributed by atoms with E-state index in [-0.39, 0.29) is 5.91 Å². The van der Waals surface area contributed by atoms with Gasteiger partial charge in [-0.1, -0.05) is 24.9 Å². The topological polar surface area (TPSA) is 47.4 Å². The van der Waals surface area contributed by atoms with Gasteiger partial charge in [0.25, 0.3) is 5.91 Å². The van der Waals surface area contributed by atoms with Crippen LogP contribution >= 0.6 is 11.6 Å². The second kappa shape index (κ2) is 7.31. The SMILES string of the molecule is CCCCn1nc(C)c(C=CC(=O)N(C)OC)c1Cl. The van der Waals surface area contributed by atoms with Gasteiger partial charge >= 0.3 is 0 Å². The highest BCUT2D eigenvalue weighted by molar-refractivity contribution is 6.31. The third-order valence-corrected chi connectivity index (χ3v) is 3.21. The van der Waals surface area contributed by atoms with Crippen molar-refractivity contribution in [2.45, 2.75) is 33.2 Å². The molecule has 0 radical (unpaired) electrons. The Bertz CT molecular complexity index is 469. The Balaban J connectivity index is 2.86. The second-order valence-corrected chi connectivity index (χ2v) is 4.58. The Hall–Kier alpha value is -1.33. The summed E-state index contributed by atoms with van der Waals surface area (Å²) >= 11 is 6.26. The summed E-state index contributed by atoms with van der Waals surface area (Å²) in [5, 5.41) is 6.07. The fraction of sp³-hybridized carbons (Fsp3) is 0.538. The number of amides is 1. The summed E-state index contributed by atoms with van der Waals surface area (Å²) in [7, 11) is 2.98. The lowest BCUT2D eigenvalue weighted by Crippen LogP contribution is -2.22. The van der Waals surface area contributed by atoms with Crippen molar-refractivity contribution in [2.75, 3.05) is 14.2 Å². The van der Waals surface area contributed by atoms with Crippen molar-refractivity contribution in [2.24, 2.45) is 0 Å². The number of aromatic nitrogens is 2. The van der Waals surface area contributed by atoms with Crippen LogP contribution in [0.5, 0.6) is 0 Å². The molecule has 19 heavy (non-hydrogen) atoms. The molecule has 5 nitrogen and oxygen atoms in total. The number of carbonyl (C=O) groups is 1. The third kappa shape index (κ3) is 4.08. The van der Waals surface area contributed by atoms with Gasteiger partial charge in [-0.2, -0.15) is 5.10 Å². The number of rotatable bonds is 6. The summed E-state index contributed by atoms with van der Waals surface area (Å²) in [6, 6.07) is 0. The molecule has 0 aliphatic heterocycles. The van der Waals surface area contributed by atoms with Crippen LogP contribution in [0.3, 0.4) is 0 Å². The van der Waals surface area contributed by atoms with Gasteiger partial charge in [-0.15, -0.1) is 0 Å². The van der Waals surface area contributed by atoms with E-state index in [1.807, 2.05) is 6.92 Å². The molecule has 0 spiro atoms. The second-order valence-electron chi connectivity index (χ2n) is 4.22. The lowest BCUT2D eigenvalue weighted by Gasteiger charge is -2.09. The Morgan fingerprint density at radius 2 is 2.26 bits per heavy atom. The molecule has 0 saturated heterocycles. The molecular weight excluding hydrogens is 266 g/mol. The van der Waals surface area contributed by atoms with Crippen LogP contribution in [0.4, 0.5) is 0 Å². The maximum absolute atomic E-state index is 11.6. The summed E-state index contributed by atoms with van der Waals surface area (Å²) in [4.78, 5) is 16.4. The molecule has 0 bridgehead atoms. The molecule has 0 atom stereocenters. The number of halogens is 1. The largest absolute Gasteiger partial charge is 0.274 e. The first kappa shape index (κ1) is 15.7. The van der Waals surface area contributed by atoms with Crippen molar-refractivity contribution in [3.63, 3.8) is 0 Å². The molecule has 1 aromatic rings. The van der Waals surface area contributed by atoms with Crippen LogP contribution in [0, 0.1) is 6.92 Å². The quantitative estimate of drug-likeness (QED) is 0.596. The van der Waals surface area contributed by atoms with E-state index in [1.165, 1.54) is 13.2 Å². The fourth-order valence-electron chi connectivity index (χ4n) is 1.56. The van der Waals surface area contributed by atoms with E-state index < -0.39 is 0 Å². The average Bonchev–Trinajstić information content (AvgIpc) is 2.67. The van der Waals surface area contributed by atoms with Gasteiger partial charge < -0.3 is 0 Å². The van der Waals surface area contributed by atoms with Crippen molar-refractivity contribution < 1.29 is 9.63 Å². The number of carbonyl (C=O) groups excluding carboxylic acids is 1. The van der Waals surface area contributed by atoms with Crippen molar-refractivity contribution in [3.8, 4) is 0 Å². The number of unbranched alkanes of at least 4 members (excludes halogenated alkanes) is 1. The minimum atomic E-state index is -0.251. The van der Waals surface area contributed by atoms with E-state index in [2.05, 4.69) is 12.0 Å². The summed E-state index contributed by atoms with van der Waals surface area (Å²) < 4.78 is 1.77. The molecule has 0 aliphatic carbocycles. The third-order valence-electron chi connectivity index (χ3n) is 2.81. The van der Waals surface area contributed by atoms with Crippen molar-refractivity contribution >= 4 is 23.6 Å². The molecule has 0 unspecified atom stereocenters. The summed E-state index contributed by atoms with van der Waals surface area (Å²) in [6.07, 6.45) is 5.20. The van der Waals surface area contributed by atoms with Crippen LogP contribution in [0.2, 0.25) is 5.15 Å². The maximum atomic E-state index is 11.6. The van der Waals surface area contributed by atoms with Gasteiger partial charge in [0.05, 0.1) is 12.8 Å². The Labute approximate surface area is 118 Å². The minimum Gasteiger partial charge on any atom is -0.274 e. The highest BCUT2D eigenvalue weighted by Crippen LogP contribution is 2.21. The Morgan fingerprint density at radius 3 is 2.84 bits per heavy atom. The number of nitrogens with zero attached hydrogens (tertiary/aromatic N) is 3. The zero-order chi connectivity index (χ0) is 14.4. The van der Waals surface area contributed by atoms with Gasteiger partial charge in [-0.25, -0.2) is 5.06 Å². The molecule has 1 rings (SSSR count). The van der Waals surface area contributed by atoms with Gasteiger partial charge in [0.1, 0.15) is 5.15 Å². The van der Waals surface area contributed by atoms with E-state index >= 15 is 0 Å². The number of hydrogen-bond acceptors (Lipinski definition) is 3. The number of hydrogen-bond donors (Lipinski definition) is 0. The van der Waals surface area contributed by atoms with E-state index in [1.54, 1.807) is 17.8 Å². The van der Waals surface area contributed by atoms with Gasteiger partial charge in [0.2, 0.25) is 0 Å². The van der Waals surface area contributed by atoms with Crippen molar-refractivity contribution in [1.82, 2.24) is 14.8 Å². The van der Waals surface area contributed by atoms with E-state index in [9.17, 15) is 4.79 Å². The predicted octanol–water partition coefficient (Wildman–Crippen LogP) is 2.68. The molecule has 0 N–H and O–H groups in total. The highest BCUT2D eigenvalue weighted by Gasteiger charge is 2.11. The molecule has 6 heteroatoms. The first-order valence-corrected chi connectivity index (χ1v) is 6.61. The average molecular weight is 286 g/mol. The first-order valence-electron chi connectivity index (χ1n) is 6.24. The molecule has 1 aromatic heterocycles. The summed E-state index contributed by atoms with van der Waals surface area (Å²) in [5.74, 6) is -0.251. The normalized spacial score (nSPS) is 11.2. The highest BCUT2D eigenvalue weighted by atomic mass is 35.5. The van der Waals surface area contributed by atoms with Crippen LogP contribution in [-0.2, 0) is 16.2 Å². The molecule has 0 aliphatic rings. The van der Waals surface area contributed by atoms with Crippen LogP contribution in [-0.4, -0.2) is 34.9 Å². The van der Waals surface area contributed by atoms with Gasteiger partial charge in [-0.3, -0.25) is 14.3 Å². The Kier molecular flexibility index (Phi) is 6.05. The number of hydroxylamine groups is 2. The predicted molar refractivity (Wildman–Crippen MR) is 75.7 cm³/mol. The Morgan fingerprint density at radius 1 is 1.58 bits per heavy atom. The van der Waals surface area contributed by atoms with Gasteiger partial charge in [0, 0.05) is 25.2 Å². The lowest BCUT2D eigenvalue weighted by atomic mass is 10.2. The smallest absolute Gasteiger partial charge is 0.269 e. The number of aryl methyl sites for hydroxylation is 2. The molecule has 0 aromatic carbocycles. The standard InChI is InChI=1S/C13H20ClN3O2/c1-5-6-9-17-13(14)11(10(2)15-17)7-8-12(18)16(3)19-4/h7-8H,5-6,9H2,1-4H3. The number of likely N-dealkylation sites (N-methyl/N-ethyl adjacent to an activating group) is 1.